The zero-order chi connectivity index (χ0) is 16.3. The van der Waals surface area contributed by atoms with E-state index in [1.807, 2.05) is 25.7 Å². The lowest BCUT2D eigenvalue weighted by Crippen LogP contribution is -2.44. The van der Waals surface area contributed by atoms with Crippen LogP contribution in [0.2, 0.25) is 0 Å². The third-order valence-corrected chi connectivity index (χ3v) is 5.90. The number of rotatable bonds is 4. The van der Waals surface area contributed by atoms with Gasteiger partial charge in [-0.1, -0.05) is 12.1 Å². The molecule has 0 saturated carbocycles. The van der Waals surface area contributed by atoms with Gasteiger partial charge in [0, 0.05) is 18.8 Å². The second-order valence-corrected chi connectivity index (χ2v) is 8.12. The molecule has 0 radical (unpaired) electrons. The van der Waals surface area contributed by atoms with Gasteiger partial charge in [0.25, 0.3) is 0 Å². The molecule has 122 valence electrons. The fraction of sp³-hybridized carbons (Fsp3) is 0.500. The van der Waals surface area contributed by atoms with Crippen LogP contribution in [0.1, 0.15) is 24.9 Å². The van der Waals surface area contributed by atoms with E-state index >= 15 is 0 Å². The fourth-order valence-electron chi connectivity index (χ4n) is 2.31. The predicted molar refractivity (Wildman–Crippen MR) is 88.3 cm³/mol. The minimum absolute atomic E-state index is 0.0647. The van der Waals surface area contributed by atoms with Crippen LogP contribution in [0.15, 0.2) is 29.2 Å². The van der Waals surface area contributed by atoms with Crippen molar-refractivity contribution in [2.24, 2.45) is 5.14 Å². The molecule has 0 aromatic heterocycles. The number of thioether (sulfide) groups is 1. The van der Waals surface area contributed by atoms with Gasteiger partial charge in [0.05, 0.1) is 10.9 Å². The van der Waals surface area contributed by atoms with E-state index in [0.717, 1.165) is 23.5 Å². The quantitative estimate of drug-likeness (QED) is 0.867. The summed E-state index contributed by atoms with van der Waals surface area (Å²) in [6.45, 7) is 1.86. The summed E-state index contributed by atoms with van der Waals surface area (Å²) >= 11 is 1.86. The maximum absolute atomic E-state index is 12.2. The average molecular weight is 343 g/mol. The Balaban J connectivity index is 1.99. The summed E-state index contributed by atoms with van der Waals surface area (Å²) in [6.07, 6.45) is 1.02. The Morgan fingerprint density at radius 2 is 2.05 bits per heavy atom. The van der Waals surface area contributed by atoms with Gasteiger partial charge in [0.1, 0.15) is 0 Å². The molecule has 2 unspecified atom stereocenters. The Labute approximate surface area is 135 Å². The molecule has 2 amide bonds. The minimum Gasteiger partial charge on any atom is -0.331 e. The Bertz CT molecular complexity index is 625. The number of nitrogens with one attached hydrogen (secondary N) is 1. The van der Waals surface area contributed by atoms with Crippen molar-refractivity contribution >= 4 is 27.8 Å². The van der Waals surface area contributed by atoms with Crippen LogP contribution in [0, 0.1) is 0 Å². The summed E-state index contributed by atoms with van der Waals surface area (Å²) in [6, 6.07) is 6.18. The van der Waals surface area contributed by atoms with Gasteiger partial charge >= 0.3 is 6.03 Å². The van der Waals surface area contributed by atoms with Gasteiger partial charge in [0.2, 0.25) is 10.0 Å². The van der Waals surface area contributed by atoms with Crippen molar-refractivity contribution in [2.75, 3.05) is 18.6 Å². The molecule has 0 spiro atoms. The number of carbonyl (C=O) groups excluding carboxylic acids is 1. The second kappa shape index (κ2) is 6.89. The van der Waals surface area contributed by atoms with E-state index in [9.17, 15) is 13.2 Å². The molecule has 1 aromatic rings. The Morgan fingerprint density at radius 3 is 2.55 bits per heavy atom. The van der Waals surface area contributed by atoms with E-state index in [4.69, 9.17) is 5.14 Å². The van der Waals surface area contributed by atoms with Crippen molar-refractivity contribution in [1.29, 1.82) is 0 Å². The first kappa shape index (κ1) is 17.1. The van der Waals surface area contributed by atoms with Gasteiger partial charge in [-0.2, -0.15) is 11.8 Å². The van der Waals surface area contributed by atoms with Crippen molar-refractivity contribution in [3.63, 3.8) is 0 Å². The molecule has 22 heavy (non-hydrogen) atoms. The normalized spacial score (nSPS) is 19.7. The molecule has 0 bridgehead atoms. The summed E-state index contributed by atoms with van der Waals surface area (Å²) < 4.78 is 22.5. The van der Waals surface area contributed by atoms with Crippen LogP contribution in [-0.4, -0.2) is 43.9 Å². The highest BCUT2D eigenvalue weighted by Gasteiger charge is 2.24. The molecule has 1 saturated heterocycles. The lowest BCUT2D eigenvalue weighted by Gasteiger charge is -2.26. The van der Waals surface area contributed by atoms with Crippen LogP contribution in [0.25, 0.3) is 0 Å². The van der Waals surface area contributed by atoms with Gasteiger partial charge in [-0.05, 0) is 36.8 Å². The summed E-state index contributed by atoms with van der Waals surface area (Å²) in [7, 11) is -1.88. The molecule has 3 N–H and O–H groups in total. The zero-order valence-corrected chi connectivity index (χ0v) is 14.3. The maximum atomic E-state index is 12.2. The molecule has 2 rings (SSSR count). The highest BCUT2D eigenvalue weighted by molar-refractivity contribution is 7.99. The smallest absolute Gasteiger partial charge is 0.317 e. The first-order valence-corrected chi connectivity index (χ1v) is 9.73. The molecular formula is C14H21N3O3S2. The van der Waals surface area contributed by atoms with Gasteiger partial charge in [-0.15, -0.1) is 0 Å². The van der Waals surface area contributed by atoms with E-state index in [-0.39, 0.29) is 23.0 Å². The van der Waals surface area contributed by atoms with Crippen molar-refractivity contribution in [3.8, 4) is 0 Å². The van der Waals surface area contributed by atoms with Crippen LogP contribution >= 0.6 is 11.8 Å². The van der Waals surface area contributed by atoms with E-state index < -0.39 is 10.0 Å². The number of urea groups is 1. The number of nitrogens with zero attached hydrogens (tertiary/aromatic N) is 1. The summed E-state index contributed by atoms with van der Waals surface area (Å²) in [5.41, 5.74) is 0.829. The van der Waals surface area contributed by atoms with Crippen LogP contribution in [-0.2, 0) is 10.0 Å². The molecular weight excluding hydrogens is 322 g/mol. The number of primary sulfonamides is 1. The molecule has 1 aromatic carbocycles. The van der Waals surface area contributed by atoms with E-state index in [0.29, 0.717) is 0 Å². The lowest BCUT2D eigenvalue weighted by molar-refractivity contribution is 0.192. The fourth-order valence-corrected chi connectivity index (χ4v) is 4.09. The molecule has 1 fully saturated rings. The largest absolute Gasteiger partial charge is 0.331 e. The molecule has 1 aliphatic rings. The monoisotopic (exact) mass is 343 g/mol. The minimum atomic E-state index is -3.69. The standard InChI is InChI=1S/C14H21N3O3S2/c1-10(11-3-5-13(6-4-11)22(15,19)20)16-14(18)17(2)12-7-8-21-9-12/h3-6,10,12H,7-9H2,1-2H3,(H,16,18)(H2,15,19,20). The van der Waals surface area contributed by atoms with Crippen LogP contribution < -0.4 is 10.5 Å². The first-order valence-electron chi connectivity index (χ1n) is 7.03. The van der Waals surface area contributed by atoms with Gasteiger partial charge < -0.3 is 10.2 Å². The number of hydrogen-bond acceptors (Lipinski definition) is 4. The molecule has 0 aliphatic carbocycles. The zero-order valence-electron chi connectivity index (χ0n) is 12.7. The average Bonchev–Trinajstić information content (AvgIpc) is 2.99. The number of hydrogen-bond donors (Lipinski definition) is 2. The topological polar surface area (TPSA) is 92.5 Å². The number of carbonyl (C=O) groups is 1. The number of nitrogens with two attached hydrogens (primary N) is 1. The summed E-state index contributed by atoms with van der Waals surface area (Å²) in [5, 5.41) is 8.00. The maximum Gasteiger partial charge on any atom is 0.317 e. The molecule has 6 nitrogen and oxygen atoms in total. The molecule has 1 aliphatic heterocycles. The van der Waals surface area contributed by atoms with Gasteiger partial charge in [0.15, 0.2) is 0 Å². The predicted octanol–water partition coefficient (Wildman–Crippen LogP) is 1.54. The van der Waals surface area contributed by atoms with E-state index in [2.05, 4.69) is 5.32 Å². The first-order chi connectivity index (χ1) is 10.3. The van der Waals surface area contributed by atoms with Crippen LogP contribution in [0.3, 0.4) is 0 Å². The number of sulfonamides is 1. The van der Waals surface area contributed by atoms with E-state index in [1.54, 1.807) is 17.0 Å². The van der Waals surface area contributed by atoms with Crippen molar-refractivity contribution in [2.45, 2.75) is 30.3 Å². The third kappa shape index (κ3) is 4.15. The van der Waals surface area contributed by atoms with Crippen LogP contribution in [0.4, 0.5) is 4.79 Å². The Hall–Kier alpha value is -1.25. The SMILES string of the molecule is CC(NC(=O)N(C)C1CCSC1)c1ccc(S(N)(=O)=O)cc1. The second-order valence-electron chi connectivity index (χ2n) is 5.41. The van der Waals surface area contributed by atoms with Crippen molar-refractivity contribution < 1.29 is 13.2 Å². The van der Waals surface area contributed by atoms with Crippen molar-refractivity contribution in [3.05, 3.63) is 29.8 Å². The highest BCUT2D eigenvalue weighted by Crippen LogP contribution is 2.22. The van der Waals surface area contributed by atoms with E-state index in [1.165, 1.54) is 12.1 Å². The summed E-state index contributed by atoms with van der Waals surface area (Å²) in [4.78, 5) is 14.0. The molecule has 1 heterocycles. The number of amides is 2. The van der Waals surface area contributed by atoms with Gasteiger partial charge in [-0.3, -0.25) is 0 Å². The third-order valence-electron chi connectivity index (χ3n) is 3.82. The van der Waals surface area contributed by atoms with Crippen molar-refractivity contribution in [1.82, 2.24) is 10.2 Å². The van der Waals surface area contributed by atoms with Crippen LogP contribution in [0.5, 0.6) is 0 Å². The molecule has 8 heteroatoms. The summed E-state index contributed by atoms with van der Waals surface area (Å²) in [5.74, 6) is 2.06. The number of benzene rings is 1. The Morgan fingerprint density at radius 1 is 1.41 bits per heavy atom. The molecule has 2 atom stereocenters. The Kier molecular flexibility index (Phi) is 5.36. The van der Waals surface area contributed by atoms with Gasteiger partial charge in [-0.25, -0.2) is 18.4 Å². The lowest BCUT2D eigenvalue weighted by atomic mass is 10.1. The highest BCUT2D eigenvalue weighted by atomic mass is 32.2.